The molecular weight excluding hydrogens is 625 g/mol. The minimum atomic E-state index is -4.34. The molecule has 226 valence electrons. The van der Waals surface area contributed by atoms with Crippen LogP contribution in [-0.2, 0) is 26.0 Å². The van der Waals surface area contributed by atoms with E-state index in [1.807, 2.05) is 0 Å². The number of fused-ring (bicyclic) bond motifs is 1. The molecule has 10 nitrogen and oxygen atoms in total. The minimum Gasteiger partial charge on any atom is -0.334 e. The van der Waals surface area contributed by atoms with Crippen LogP contribution < -0.4 is 10.6 Å². The second-order valence-corrected chi connectivity index (χ2v) is 15.0. The highest BCUT2D eigenvalue weighted by Gasteiger charge is 2.56. The second kappa shape index (κ2) is 11.5. The third kappa shape index (κ3) is 6.35. The summed E-state index contributed by atoms with van der Waals surface area (Å²) in [6, 6.07) is 8.05. The van der Waals surface area contributed by atoms with Crippen molar-refractivity contribution in [1.82, 2.24) is 24.7 Å². The minimum absolute atomic E-state index is 0.00731. The van der Waals surface area contributed by atoms with Crippen LogP contribution in [0, 0.1) is 0 Å². The SMILES string of the molecule is CC(C)(C)NC(=O)NC1CN(S(=O)(=O)c2ccc(Cl)cc2Cl)C2CN(C3CC3)C(=O)C(Cc3cccc(Cl)c3)N2C1=O. The number of hydrogen-bond acceptors (Lipinski definition) is 5. The van der Waals surface area contributed by atoms with E-state index in [1.54, 1.807) is 49.9 Å². The number of urea groups is 1. The monoisotopic (exact) mass is 655 g/mol. The van der Waals surface area contributed by atoms with E-state index >= 15 is 0 Å². The van der Waals surface area contributed by atoms with Gasteiger partial charge in [-0.05, 0) is 69.5 Å². The van der Waals surface area contributed by atoms with E-state index in [2.05, 4.69) is 10.6 Å². The quantitative estimate of drug-likeness (QED) is 0.489. The highest BCUT2D eigenvalue weighted by Crippen LogP contribution is 2.38. The standard InChI is InChI=1S/C28H32Cl3N5O5S/c1-28(2,3)33-27(39)32-21-14-35(42(40,41)23-10-7-18(30)13-20(23)31)24-15-34(19-8-9-19)26(38)22(36(24)25(21)37)12-16-5-4-6-17(29)11-16/h4-7,10-11,13,19,21-22,24H,8-9,12,14-15H2,1-3H3,(H2,32,33,39). The van der Waals surface area contributed by atoms with Crippen molar-refractivity contribution >= 4 is 62.7 Å². The number of nitrogens with one attached hydrogen (secondary N) is 2. The fourth-order valence-electron chi connectivity index (χ4n) is 5.46. The van der Waals surface area contributed by atoms with Gasteiger partial charge in [-0.3, -0.25) is 9.59 Å². The van der Waals surface area contributed by atoms with Crippen molar-refractivity contribution in [1.29, 1.82) is 0 Å². The van der Waals surface area contributed by atoms with E-state index < -0.39 is 45.7 Å². The molecule has 42 heavy (non-hydrogen) atoms. The van der Waals surface area contributed by atoms with Crippen LogP contribution in [0.5, 0.6) is 0 Å². The number of nitrogens with zero attached hydrogens (tertiary/aromatic N) is 3. The Hall–Kier alpha value is -2.57. The molecular formula is C28H32Cl3N5O5S. The first-order chi connectivity index (χ1) is 19.7. The Morgan fingerprint density at radius 1 is 0.976 bits per heavy atom. The number of hydrogen-bond donors (Lipinski definition) is 2. The summed E-state index contributed by atoms with van der Waals surface area (Å²) < 4.78 is 29.6. The van der Waals surface area contributed by atoms with E-state index in [-0.39, 0.29) is 46.4 Å². The van der Waals surface area contributed by atoms with Gasteiger partial charge in [-0.15, -0.1) is 0 Å². The maximum absolute atomic E-state index is 14.2. The predicted octanol–water partition coefficient (Wildman–Crippen LogP) is 3.89. The summed E-state index contributed by atoms with van der Waals surface area (Å²) in [6.45, 7) is 4.98. The van der Waals surface area contributed by atoms with Crippen LogP contribution in [0.15, 0.2) is 47.4 Å². The van der Waals surface area contributed by atoms with Gasteiger partial charge in [-0.25, -0.2) is 13.2 Å². The number of benzene rings is 2. The van der Waals surface area contributed by atoms with Crippen molar-refractivity contribution in [3.05, 3.63) is 63.1 Å². The van der Waals surface area contributed by atoms with Gasteiger partial charge in [0.25, 0.3) is 0 Å². The summed E-state index contributed by atoms with van der Waals surface area (Å²) >= 11 is 18.6. The van der Waals surface area contributed by atoms with Crippen LogP contribution >= 0.6 is 34.8 Å². The largest absolute Gasteiger partial charge is 0.334 e. The zero-order valence-corrected chi connectivity index (χ0v) is 26.4. The van der Waals surface area contributed by atoms with E-state index in [0.717, 1.165) is 12.8 Å². The number of carbonyl (C=O) groups excluding carboxylic acids is 3. The van der Waals surface area contributed by atoms with Crippen LogP contribution in [0.3, 0.4) is 0 Å². The van der Waals surface area contributed by atoms with Crippen LogP contribution in [0.1, 0.15) is 39.2 Å². The first kappa shape index (κ1) is 30.9. The Morgan fingerprint density at radius 3 is 2.29 bits per heavy atom. The molecule has 2 aromatic rings. The molecule has 14 heteroatoms. The lowest BCUT2D eigenvalue weighted by Crippen LogP contribution is -2.76. The molecule has 2 N–H and O–H groups in total. The normalized spacial score (nSPS) is 23.5. The topological polar surface area (TPSA) is 119 Å². The van der Waals surface area contributed by atoms with Gasteiger partial charge < -0.3 is 20.4 Å². The molecule has 0 spiro atoms. The van der Waals surface area contributed by atoms with Gasteiger partial charge in [0.1, 0.15) is 23.1 Å². The number of sulfonamides is 1. The van der Waals surface area contributed by atoms with Crippen LogP contribution in [0.2, 0.25) is 15.1 Å². The molecule has 3 atom stereocenters. The molecule has 2 aliphatic heterocycles. The molecule has 5 rings (SSSR count). The number of amides is 4. The molecule has 2 saturated heterocycles. The van der Waals surface area contributed by atoms with E-state index in [9.17, 15) is 22.8 Å². The molecule has 0 radical (unpaired) electrons. The first-order valence-electron chi connectivity index (χ1n) is 13.6. The Morgan fingerprint density at radius 2 is 1.67 bits per heavy atom. The lowest BCUT2D eigenvalue weighted by molar-refractivity contribution is -0.167. The fourth-order valence-corrected chi connectivity index (χ4v) is 8.01. The van der Waals surface area contributed by atoms with E-state index in [4.69, 9.17) is 34.8 Å². The molecule has 1 aliphatic carbocycles. The summed E-state index contributed by atoms with van der Waals surface area (Å²) in [5, 5.41) is 6.03. The molecule has 1 saturated carbocycles. The smallest absolute Gasteiger partial charge is 0.315 e. The Balaban J connectivity index is 1.59. The van der Waals surface area contributed by atoms with Gasteiger partial charge in [-0.1, -0.05) is 46.9 Å². The third-order valence-corrected chi connectivity index (χ3v) is 10.2. The van der Waals surface area contributed by atoms with Gasteiger partial charge in [0, 0.05) is 34.6 Å². The summed E-state index contributed by atoms with van der Waals surface area (Å²) in [7, 11) is -4.34. The van der Waals surface area contributed by atoms with Gasteiger partial charge in [0.05, 0.1) is 11.6 Å². The number of halogens is 3. The molecule has 3 unspecified atom stereocenters. The molecule has 0 bridgehead atoms. The summed E-state index contributed by atoms with van der Waals surface area (Å²) in [6.07, 6.45) is 0.675. The van der Waals surface area contributed by atoms with Crippen molar-refractivity contribution in [2.45, 2.75) is 74.8 Å². The van der Waals surface area contributed by atoms with E-state index in [1.165, 1.54) is 27.4 Å². The Kier molecular flexibility index (Phi) is 8.45. The molecule has 3 fully saturated rings. The highest BCUT2D eigenvalue weighted by molar-refractivity contribution is 7.89. The zero-order chi connectivity index (χ0) is 30.6. The number of piperazine rings is 1. The molecule has 4 amide bonds. The average molecular weight is 657 g/mol. The number of carbonyl (C=O) groups is 3. The Labute approximate surface area is 260 Å². The van der Waals surface area contributed by atoms with E-state index in [0.29, 0.717) is 10.6 Å². The lowest BCUT2D eigenvalue weighted by atomic mass is 9.97. The number of rotatable bonds is 6. The van der Waals surface area contributed by atoms with Crippen molar-refractivity contribution in [2.24, 2.45) is 0 Å². The van der Waals surface area contributed by atoms with Crippen LogP contribution in [-0.4, -0.2) is 83.3 Å². The van der Waals surface area contributed by atoms with Gasteiger partial charge >= 0.3 is 6.03 Å². The molecule has 3 aliphatic rings. The second-order valence-electron chi connectivity index (χ2n) is 11.8. The fraction of sp³-hybridized carbons (Fsp3) is 0.464. The van der Waals surface area contributed by atoms with Gasteiger partial charge in [0.2, 0.25) is 21.8 Å². The van der Waals surface area contributed by atoms with Gasteiger partial charge in [0.15, 0.2) is 0 Å². The highest BCUT2D eigenvalue weighted by atomic mass is 35.5. The molecule has 2 aromatic carbocycles. The molecule has 0 aromatic heterocycles. The van der Waals surface area contributed by atoms with Gasteiger partial charge in [-0.2, -0.15) is 4.31 Å². The lowest BCUT2D eigenvalue weighted by Gasteiger charge is -2.53. The maximum atomic E-state index is 14.2. The third-order valence-electron chi connectivity index (χ3n) is 7.41. The van der Waals surface area contributed by atoms with Crippen molar-refractivity contribution in [2.75, 3.05) is 13.1 Å². The summed E-state index contributed by atoms with van der Waals surface area (Å²) in [4.78, 5) is 43.7. The van der Waals surface area contributed by atoms with Crippen molar-refractivity contribution in [3.8, 4) is 0 Å². The first-order valence-corrected chi connectivity index (χ1v) is 16.2. The Bertz CT molecular complexity index is 1530. The van der Waals surface area contributed by atoms with Crippen molar-refractivity contribution < 1.29 is 22.8 Å². The summed E-state index contributed by atoms with van der Waals surface area (Å²) in [5.74, 6) is -0.822. The van der Waals surface area contributed by atoms with Crippen LogP contribution in [0.4, 0.5) is 4.79 Å². The average Bonchev–Trinajstić information content (AvgIpc) is 3.71. The summed E-state index contributed by atoms with van der Waals surface area (Å²) in [5.41, 5.74) is 0.0919. The predicted molar refractivity (Wildman–Crippen MR) is 160 cm³/mol. The molecule has 2 heterocycles. The van der Waals surface area contributed by atoms with Crippen LogP contribution in [0.25, 0.3) is 0 Å². The van der Waals surface area contributed by atoms with Crippen molar-refractivity contribution in [3.63, 3.8) is 0 Å². The zero-order valence-electron chi connectivity index (χ0n) is 23.3. The maximum Gasteiger partial charge on any atom is 0.315 e.